The van der Waals surface area contributed by atoms with Gasteiger partial charge in [-0.3, -0.25) is 0 Å². The first-order valence-electron chi connectivity index (χ1n) is 7.17. The molecule has 0 radical (unpaired) electrons. The first-order chi connectivity index (χ1) is 10.3. The SMILES string of the molecule is COc1cc(C(=O)O)ccc1S(=O)(=O)NC[C@@H]1C[C@H]1C(C)C. The van der Waals surface area contributed by atoms with Crippen LogP contribution in [0.2, 0.25) is 0 Å². The summed E-state index contributed by atoms with van der Waals surface area (Å²) in [6.45, 7) is 4.66. The van der Waals surface area contributed by atoms with Gasteiger partial charge in [-0.05, 0) is 42.4 Å². The van der Waals surface area contributed by atoms with E-state index in [9.17, 15) is 13.2 Å². The molecule has 0 heterocycles. The molecule has 0 aromatic heterocycles. The average Bonchev–Trinajstić information content (AvgIpc) is 3.24. The number of sulfonamides is 1. The zero-order valence-corrected chi connectivity index (χ0v) is 13.7. The van der Waals surface area contributed by atoms with Gasteiger partial charge in [-0.1, -0.05) is 13.8 Å². The van der Waals surface area contributed by atoms with Crippen LogP contribution in [0.5, 0.6) is 5.75 Å². The van der Waals surface area contributed by atoms with Crippen LogP contribution in [0, 0.1) is 17.8 Å². The van der Waals surface area contributed by atoms with E-state index in [-0.39, 0.29) is 16.2 Å². The summed E-state index contributed by atoms with van der Waals surface area (Å²) < 4.78 is 32.3. The molecule has 1 aromatic carbocycles. The van der Waals surface area contributed by atoms with Crippen LogP contribution in [0.15, 0.2) is 23.1 Å². The Morgan fingerprint density at radius 3 is 2.64 bits per heavy atom. The highest BCUT2D eigenvalue weighted by Crippen LogP contribution is 2.43. The number of carboxylic acids is 1. The highest BCUT2D eigenvalue weighted by molar-refractivity contribution is 7.89. The van der Waals surface area contributed by atoms with E-state index in [2.05, 4.69) is 18.6 Å². The summed E-state index contributed by atoms with van der Waals surface area (Å²) in [5.41, 5.74) is -0.0159. The Kier molecular flexibility index (Phi) is 4.77. The second-order valence-electron chi connectivity index (χ2n) is 5.93. The fourth-order valence-electron chi connectivity index (χ4n) is 2.64. The van der Waals surface area contributed by atoms with Crippen molar-refractivity contribution in [2.24, 2.45) is 17.8 Å². The molecule has 7 heteroatoms. The lowest BCUT2D eigenvalue weighted by atomic mass is 10.1. The van der Waals surface area contributed by atoms with Crippen LogP contribution in [0.3, 0.4) is 0 Å². The Morgan fingerprint density at radius 1 is 1.45 bits per heavy atom. The van der Waals surface area contributed by atoms with Crippen molar-refractivity contribution in [3.63, 3.8) is 0 Å². The molecule has 2 N–H and O–H groups in total. The number of carboxylic acid groups (broad SMARTS) is 1. The summed E-state index contributed by atoms with van der Waals surface area (Å²) in [5.74, 6) is 0.397. The van der Waals surface area contributed by atoms with Gasteiger partial charge in [0.05, 0.1) is 12.7 Å². The minimum absolute atomic E-state index is 0.0159. The maximum atomic E-state index is 12.4. The first-order valence-corrected chi connectivity index (χ1v) is 8.65. The lowest BCUT2D eigenvalue weighted by Gasteiger charge is -2.11. The highest BCUT2D eigenvalue weighted by atomic mass is 32.2. The minimum Gasteiger partial charge on any atom is -0.495 e. The Hall–Kier alpha value is -1.60. The molecule has 1 aliphatic rings. The first kappa shape index (κ1) is 16.8. The van der Waals surface area contributed by atoms with Gasteiger partial charge in [0.2, 0.25) is 10.0 Å². The highest BCUT2D eigenvalue weighted by Gasteiger charge is 2.39. The fourth-order valence-corrected chi connectivity index (χ4v) is 3.88. The third-order valence-corrected chi connectivity index (χ3v) is 5.53. The van der Waals surface area contributed by atoms with Crippen molar-refractivity contribution >= 4 is 16.0 Å². The summed E-state index contributed by atoms with van der Waals surface area (Å²) in [7, 11) is -2.40. The molecule has 1 fully saturated rings. The van der Waals surface area contributed by atoms with Crippen LogP contribution >= 0.6 is 0 Å². The normalized spacial score (nSPS) is 20.9. The number of rotatable bonds is 7. The number of hydrogen-bond acceptors (Lipinski definition) is 4. The van der Waals surface area contributed by atoms with Crippen molar-refractivity contribution in [3.05, 3.63) is 23.8 Å². The Bertz CT molecular complexity index is 669. The molecule has 2 rings (SSSR count). The van der Waals surface area contributed by atoms with Crippen molar-refractivity contribution < 1.29 is 23.1 Å². The van der Waals surface area contributed by atoms with Gasteiger partial charge in [-0.15, -0.1) is 0 Å². The van der Waals surface area contributed by atoms with Gasteiger partial charge in [0.25, 0.3) is 0 Å². The van der Waals surface area contributed by atoms with Crippen LogP contribution in [-0.4, -0.2) is 33.1 Å². The monoisotopic (exact) mass is 327 g/mol. The molecule has 122 valence electrons. The minimum atomic E-state index is -3.72. The largest absolute Gasteiger partial charge is 0.495 e. The number of benzene rings is 1. The standard InChI is InChI=1S/C15H21NO5S/c1-9(2)12-6-11(12)8-16-22(19,20)14-5-4-10(15(17)18)7-13(14)21-3/h4-5,7,9,11-12,16H,6,8H2,1-3H3,(H,17,18)/t11-,12-/m0/s1. The van der Waals surface area contributed by atoms with Crippen molar-refractivity contribution in [1.82, 2.24) is 4.72 Å². The lowest BCUT2D eigenvalue weighted by molar-refractivity contribution is 0.0696. The summed E-state index contributed by atoms with van der Waals surface area (Å²) in [6.07, 6.45) is 1.04. The predicted octanol–water partition coefficient (Wildman–Crippen LogP) is 1.96. The molecule has 1 aromatic rings. The zero-order valence-electron chi connectivity index (χ0n) is 12.9. The maximum absolute atomic E-state index is 12.4. The molecule has 0 spiro atoms. The molecule has 0 aliphatic heterocycles. The van der Waals surface area contributed by atoms with E-state index in [0.717, 1.165) is 6.42 Å². The number of ether oxygens (including phenoxy) is 1. The van der Waals surface area contributed by atoms with E-state index in [0.29, 0.717) is 24.3 Å². The molecule has 22 heavy (non-hydrogen) atoms. The van der Waals surface area contributed by atoms with Gasteiger partial charge in [0, 0.05) is 6.54 Å². The van der Waals surface area contributed by atoms with Crippen molar-refractivity contribution in [3.8, 4) is 5.75 Å². The quantitative estimate of drug-likeness (QED) is 0.798. The summed E-state index contributed by atoms with van der Waals surface area (Å²) in [5, 5.41) is 8.94. The molecule has 0 saturated heterocycles. The van der Waals surface area contributed by atoms with Gasteiger partial charge in [-0.25, -0.2) is 17.9 Å². The van der Waals surface area contributed by atoms with Gasteiger partial charge in [0.1, 0.15) is 10.6 Å². The van der Waals surface area contributed by atoms with Gasteiger partial charge < -0.3 is 9.84 Å². The molecule has 6 nitrogen and oxygen atoms in total. The Morgan fingerprint density at radius 2 is 2.14 bits per heavy atom. The summed E-state index contributed by atoms with van der Waals surface area (Å²) >= 11 is 0. The number of methoxy groups -OCH3 is 1. The summed E-state index contributed by atoms with van der Waals surface area (Å²) in [6, 6.07) is 3.73. The van der Waals surface area contributed by atoms with Crippen LogP contribution in [-0.2, 0) is 10.0 Å². The van der Waals surface area contributed by atoms with E-state index in [1.54, 1.807) is 0 Å². The summed E-state index contributed by atoms with van der Waals surface area (Å²) in [4.78, 5) is 10.9. The second kappa shape index (κ2) is 6.26. The molecular formula is C15H21NO5S. The van der Waals surface area contributed by atoms with Crippen LogP contribution in [0.25, 0.3) is 0 Å². The zero-order chi connectivity index (χ0) is 16.5. The van der Waals surface area contributed by atoms with Crippen molar-refractivity contribution in [2.75, 3.05) is 13.7 Å². The van der Waals surface area contributed by atoms with E-state index in [4.69, 9.17) is 9.84 Å². The lowest BCUT2D eigenvalue weighted by Crippen LogP contribution is -2.27. The van der Waals surface area contributed by atoms with Crippen LogP contribution in [0.4, 0.5) is 0 Å². The molecule has 1 saturated carbocycles. The smallest absolute Gasteiger partial charge is 0.335 e. The molecule has 0 amide bonds. The van der Waals surface area contributed by atoms with Gasteiger partial charge >= 0.3 is 5.97 Å². The predicted molar refractivity (Wildman–Crippen MR) is 81.6 cm³/mol. The van der Waals surface area contributed by atoms with E-state index < -0.39 is 16.0 Å². The maximum Gasteiger partial charge on any atom is 0.335 e. The Labute approximate surface area is 130 Å². The van der Waals surface area contributed by atoms with Crippen LogP contribution in [0.1, 0.15) is 30.6 Å². The number of nitrogens with one attached hydrogen (secondary N) is 1. The van der Waals surface area contributed by atoms with Crippen LogP contribution < -0.4 is 9.46 Å². The fraction of sp³-hybridized carbons (Fsp3) is 0.533. The molecule has 0 unspecified atom stereocenters. The van der Waals surface area contributed by atoms with E-state index in [1.807, 2.05) is 0 Å². The topological polar surface area (TPSA) is 92.7 Å². The Balaban J connectivity index is 2.14. The third-order valence-electron chi connectivity index (χ3n) is 4.07. The third kappa shape index (κ3) is 3.59. The molecule has 0 bridgehead atoms. The molecule has 1 aliphatic carbocycles. The van der Waals surface area contributed by atoms with E-state index in [1.165, 1.54) is 25.3 Å². The van der Waals surface area contributed by atoms with Crippen molar-refractivity contribution in [1.29, 1.82) is 0 Å². The second-order valence-corrected chi connectivity index (χ2v) is 7.66. The van der Waals surface area contributed by atoms with E-state index >= 15 is 0 Å². The average molecular weight is 327 g/mol. The number of aromatic carboxylic acids is 1. The van der Waals surface area contributed by atoms with Gasteiger partial charge in [0.15, 0.2) is 0 Å². The molecular weight excluding hydrogens is 306 g/mol. The molecule has 2 atom stereocenters. The van der Waals surface area contributed by atoms with Gasteiger partial charge in [-0.2, -0.15) is 0 Å². The number of carbonyl (C=O) groups is 1. The van der Waals surface area contributed by atoms with Crippen molar-refractivity contribution in [2.45, 2.75) is 25.2 Å². The number of hydrogen-bond donors (Lipinski definition) is 2.